The molecule has 0 aromatic heterocycles. The highest BCUT2D eigenvalue weighted by molar-refractivity contribution is 5.90. The van der Waals surface area contributed by atoms with Gasteiger partial charge in [0.05, 0.1) is 12.7 Å². The van der Waals surface area contributed by atoms with E-state index in [1.807, 2.05) is 12.1 Å². The first kappa shape index (κ1) is 11.8. The van der Waals surface area contributed by atoms with Gasteiger partial charge in [0.2, 0.25) is 0 Å². The standard InChI is InChI=1S/C14H16O3/c1-17-14(16)11-8-6-10(7-9-11)12-4-2-3-5-13(12)15/h6-9,12H,2-5H2,1H3/t12-/m0/s1. The molecule has 2 rings (SSSR count). The molecule has 0 saturated heterocycles. The lowest BCUT2D eigenvalue weighted by Gasteiger charge is -2.20. The predicted molar refractivity (Wildman–Crippen MR) is 64.0 cm³/mol. The van der Waals surface area contributed by atoms with Gasteiger partial charge in [-0.2, -0.15) is 0 Å². The van der Waals surface area contributed by atoms with Gasteiger partial charge in [0.15, 0.2) is 0 Å². The Morgan fingerprint density at radius 3 is 2.53 bits per heavy atom. The second kappa shape index (κ2) is 5.13. The fourth-order valence-corrected chi connectivity index (χ4v) is 2.30. The largest absolute Gasteiger partial charge is 0.465 e. The van der Waals surface area contributed by atoms with Gasteiger partial charge in [0.25, 0.3) is 0 Å². The lowest BCUT2D eigenvalue weighted by Crippen LogP contribution is -2.17. The van der Waals surface area contributed by atoms with E-state index in [4.69, 9.17) is 0 Å². The minimum Gasteiger partial charge on any atom is -0.465 e. The van der Waals surface area contributed by atoms with Crippen molar-refractivity contribution in [2.75, 3.05) is 7.11 Å². The Morgan fingerprint density at radius 1 is 1.24 bits per heavy atom. The fraction of sp³-hybridized carbons (Fsp3) is 0.429. The predicted octanol–water partition coefficient (Wildman–Crippen LogP) is 2.70. The zero-order valence-electron chi connectivity index (χ0n) is 9.94. The van der Waals surface area contributed by atoms with Crippen LogP contribution in [0.25, 0.3) is 0 Å². The number of rotatable bonds is 2. The number of hydrogen-bond donors (Lipinski definition) is 0. The van der Waals surface area contributed by atoms with E-state index in [1.165, 1.54) is 7.11 Å². The molecule has 3 nitrogen and oxygen atoms in total. The second-order valence-corrected chi connectivity index (χ2v) is 4.38. The van der Waals surface area contributed by atoms with Gasteiger partial charge >= 0.3 is 5.97 Å². The molecule has 0 unspecified atom stereocenters. The lowest BCUT2D eigenvalue weighted by molar-refractivity contribution is -0.121. The van der Waals surface area contributed by atoms with Gasteiger partial charge < -0.3 is 4.74 Å². The highest BCUT2D eigenvalue weighted by Gasteiger charge is 2.23. The third kappa shape index (κ3) is 2.54. The van der Waals surface area contributed by atoms with Crippen LogP contribution in [-0.2, 0) is 9.53 Å². The Balaban J connectivity index is 2.17. The van der Waals surface area contributed by atoms with Gasteiger partial charge in [0.1, 0.15) is 5.78 Å². The molecule has 0 bridgehead atoms. The smallest absolute Gasteiger partial charge is 0.337 e. The van der Waals surface area contributed by atoms with E-state index >= 15 is 0 Å². The lowest BCUT2D eigenvalue weighted by atomic mass is 9.83. The summed E-state index contributed by atoms with van der Waals surface area (Å²) in [6, 6.07) is 7.17. The first-order valence-electron chi connectivity index (χ1n) is 5.93. The van der Waals surface area contributed by atoms with E-state index in [-0.39, 0.29) is 11.9 Å². The van der Waals surface area contributed by atoms with Crippen molar-refractivity contribution >= 4 is 11.8 Å². The molecule has 1 atom stereocenters. The van der Waals surface area contributed by atoms with E-state index in [2.05, 4.69) is 4.74 Å². The van der Waals surface area contributed by atoms with Crippen LogP contribution in [0, 0.1) is 0 Å². The molecule has 0 aliphatic heterocycles. The average molecular weight is 232 g/mol. The number of ketones is 1. The summed E-state index contributed by atoms with van der Waals surface area (Å²) in [5.41, 5.74) is 1.54. The Bertz CT molecular complexity index is 420. The topological polar surface area (TPSA) is 43.4 Å². The van der Waals surface area contributed by atoms with Crippen molar-refractivity contribution < 1.29 is 14.3 Å². The zero-order chi connectivity index (χ0) is 12.3. The summed E-state index contributed by atoms with van der Waals surface area (Å²) in [7, 11) is 1.36. The number of benzene rings is 1. The molecular formula is C14H16O3. The van der Waals surface area contributed by atoms with E-state index in [0.29, 0.717) is 17.8 Å². The van der Waals surface area contributed by atoms with E-state index < -0.39 is 0 Å². The summed E-state index contributed by atoms with van der Waals surface area (Å²) >= 11 is 0. The Kier molecular flexibility index (Phi) is 3.57. The minimum absolute atomic E-state index is 0.0236. The molecule has 0 radical (unpaired) electrons. The SMILES string of the molecule is COC(=O)c1ccc([C@@H]2CCCCC2=O)cc1. The average Bonchev–Trinajstić information content (AvgIpc) is 2.39. The molecule has 0 spiro atoms. The van der Waals surface area contributed by atoms with Crippen molar-refractivity contribution in [3.63, 3.8) is 0 Å². The molecule has 1 aromatic carbocycles. The molecule has 1 aliphatic carbocycles. The molecule has 90 valence electrons. The third-order valence-corrected chi connectivity index (χ3v) is 3.29. The molecule has 1 aliphatic rings. The summed E-state index contributed by atoms with van der Waals surface area (Å²) in [6.45, 7) is 0. The molecule has 0 heterocycles. The van der Waals surface area contributed by atoms with E-state index in [1.54, 1.807) is 12.1 Å². The quantitative estimate of drug-likeness (QED) is 0.736. The fourth-order valence-electron chi connectivity index (χ4n) is 2.30. The van der Waals surface area contributed by atoms with Crippen molar-refractivity contribution in [3.05, 3.63) is 35.4 Å². The first-order chi connectivity index (χ1) is 8.22. The number of esters is 1. The maximum atomic E-state index is 11.8. The van der Waals surface area contributed by atoms with Crippen LogP contribution in [0.15, 0.2) is 24.3 Å². The maximum absolute atomic E-state index is 11.8. The molecule has 1 aromatic rings. The zero-order valence-corrected chi connectivity index (χ0v) is 9.94. The van der Waals surface area contributed by atoms with Gasteiger partial charge in [-0.25, -0.2) is 4.79 Å². The van der Waals surface area contributed by atoms with Crippen LogP contribution in [0.1, 0.15) is 47.5 Å². The Hall–Kier alpha value is -1.64. The van der Waals surface area contributed by atoms with Crippen LogP contribution in [0.5, 0.6) is 0 Å². The molecule has 0 amide bonds. The van der Waals surface area contributed by atoms with E-state index in [9.17, 15) is 9.59 Å². The number of carbonyl (C=O) groups excluding carboxylic acids is 2. The normalized spacial score (nSPS) is 20.1. The minimum atomic E-state index is -0.341. The van der Waals surface area contributed by atoms with Gasteiger partial charge in [-0.05, 0) is 30.5 Å². The first-order valence-corrected chi connectivity index (χ1v) is 5.93. The summed E-state index contributed by atoms with van der Waals surface area (Å²) in [6.07, 6.45) is 3.73. The van der Waals surface area contributed by atoms with Crippen molar-refractivity contribution in [1.29, 1.82) is 0 Å². The summed E-state index contributed by atoms with van der Waals surface area (Å²) < 4.78 is 4.64. The van der Waals surface area contributed by atoms with Crippen LogP contribution < -0.4 is 0 Å². The number of ether oxygens (including phenoxy) is 1. The second-order valence-electron chi connectivity index (χ2n) is 4.38. The molecule has 17 heavy (non-hydrogen) atoms. The van der Waals surface area contributed by atoms with Crippen molar-refractivity contribution in [3.8, 4) is 0 Å². The Labute approximate surface area is 101 Å². The van der Waals surface area contributed by atoms with Crippen molar-refractivity contribution in [2.45, 2.75) is 31.6 Å². The molecule has 1 saturated carbocycles. The van der Waals surface area contributed by atoms with Gasteiger partial charge in [-0.3, -0.25) is 4.79 Å². The number of Topliss-reactive ketones (excluding diaryl/α,β-unsaturated/α-hetero) is 1. The maximum Gasteiger partial charge on any atom is 0.337 e. The van der Waals surface area contributed by atoms with Gasteiger partial charge in [-0.15, -0.1) is 0 Å². The van der Waals surface area contributed by atoms with Crippen LogP contribution in [-0.4, -0.2) is 18.9 Å². The molecule has 0 N–H and O–H groups in total. The highest BCUT2D eigenvalue weighted by Crippen LogP contribution is 2.29. The summed E-state index contributed by atoms with van der Waals surface area (Å²) in [4.78, 5) is 23.1. The Morgan fingerprint density at radius 2 is 1.94 bits per heavy atom. The van der Waals surface area contributed by atoms with Crippen LogP contribution in [0.2, 0.25) is 0 Å². The van der Waals surface area contributed by atoms with Crippen molar-refractivity contribution in [2.24, 2.45) is 0 Å². The van der Waals surface area contributed by atoms with Crippen LogP contribution in [0.4, 0.5) is 0 Å². The number of carbonyl (C=O) groups is 2. The number of hydrogen-bond acceptors (Lipinski definition) is 3. The molecule has 3 heteroatoms. The highest BCUT2D eigenvalue weighted by atomic mass is 16.5. The van der Waals surface area contributed by atoms with Crippen LogP contribution in [0.3, 0.4) is 0 Å². The third-order valence-electron chi connectivity index (χ3n) is 3.29. The van der Waals surface area contributed by atoms with Gasteiger partial charge in [-0.1, -0.05) is 18.6 Å². The van der Waals surface area contributed by atoms with E-state index in [0.717, 1.165) is 24.8 Å². The molecular weight excluding hydrogens is 216 g/mol. The summed E-state index contributed by atoms with van der Waals surface area (Å²) in [5.74, 6) is 0.00374. The van der Waals surface area contributed by atoms with Crippen LogP contribution >= 0.6 is 0 Å². The summed E-state index contributed by atoms with van der Waals surface area (Å²) in [5, 5.41) is 0. The number of methoxy groups -OCH3 is 1. The van der Waals surface area contributed by atoms with Gasteiger partial charge in [0, 0.05) is 12.3 Å². The molecule has 1 fully saturated rings. The monoisotopic (exact) mass is 232 g/mol. The van der Waals surface area contributed by atoms with Crippen molar-refractivity contribution in [1.82, 2.24) is 0 Å².